The summed E-state index contributed by atoms with van der Waals surface area (Å²) < 4.78 is 28.7. The topological polar surface area (TPSA) is 29.9 Å². The van der Waals surface area contributed by atoms with Crippen LogP contribution < -0.4 is 5.32 Å². The van der Waals surface area contributed by atoms with Crippen LogP contribution >= 0.6 is 0 Å². The van der Waals surface area contributed by atoms with E-state index in [2.05, 4.69) is 17.3 Å². The van der Waals surface area contributed by atoms with E-state index in [1.165, 1.54) is 12.1 Å². The van der Waals surface area contributed by atoms with E-state index in [-0.39, 0.29) is 11.9 Å². The highest BCUT2D eigenvalue weighted by atomic mass is 19.1. The molecule has 1 atom stereocenters. The first kappa shape index (κ1) is 14.7. The van der Waals surface area contributed by atoms with Crippen molar-refractivity contribution in [2.45, 2.75) is 25.8 Å². The Kier molecular flexibility index (Phi) is 4.84. The van der Waals surface area contributed by atoms with Gasteiger partial charge in [-0.2, -0.15) is 5.10 Å². The fourth-order valence-electron chi connectivity index (χ4n) is 2.17. The van der Waals surface area contributed by atoms with Crippen LogP contribution in [0.1, 0.15) is 30.5 Å². The smallest absolute Gasteiger partial charge is 0.126 e. The Labute approximate surface area is 117 Å². The lowest BCUT2D eigenvalue weighted by atomic mass is 10.0. The zero-order chi connectivity index (χ0) is 14.5. The molecule has 0 bridgehead atoms. The van der Waals surface area contributed by atoms with Crippen molar-refractivity contribution in [2.75, 3.05) is 6.54 Å². The highest BCUT2D eigenvalue weighted by Gasteiger charge is 2.16. The second-order valence-corrected chi connectivity index (χ2v) is 4.89. The van der Waals surface area contributed by atoms with Crippen LogP contribution in [0.3, 0.4) is 0 Å². The number of nitrogens with zero attached hydrogens (tertiary/aromatic N) is 2. The van der Waals surface area contributed by atoms with E-state index < -0.39 is 5.82 Å². The minimum absolute atomic E-state index is 0.0695. The summed E-state index contributed by atoms with van der Waals surface area (Å²) in [5, 5.41) is 7.49. The molecule has 0 fully saturated rings. The molecular weight excluding hydrogens is 260 g/mol. The second kappa shape index (κ2) is 6.61. The van der Waals surface area contributed by atoms with Crippen molar-refractivity contribution in [1.82, 2.24) is 15.1 Å². The number of rotatable bonds is 6. The Morgan fingerprint density at radius 3 is 2.80 bits per heavy atom. The number of aryl methyl sites for hydroxylation is 1. The summed E-state index contributed by atoms with van der Waals surface area (Å²) in [6.45, 7) is 2.88. The Hall–Kier alpha value is -1.75. The van der Waals surface area contributed by atoms with Gasteiger partial charge < -0.3 is 5.32 Å². The maximum atomic E-state index is 13.8. The second-order valence-electron chi connectivity index (χ2n) is 4.89. The van der Waals surface area contributed by atoms with Crippen molar-refractivity contribution in [3.8, 4) is 0 Å². The number of benzene rings is 1. The first-order valence-corrected chi connectivity index (χ1v) is 6.76. The maximum Gasteiger partial charge on any atom is 0.126 e. The molecule has 0 spiro atoms. The number of hydrogen-bond acceptors (Lipinski definition) is 2. The zero-order valence-electron chi connectivity index (χ0n) is 11.7. The van der Waals surface area contributed by atoms with Crippen LogP contribution in [0.4, 0.5) is 8.78 Å². The van der Waals surface area contributed by atoms with Crippen molar-refractivity contribution in [3.63, 3.8) is 0 Å². The number of halogens is 2. The summed E-state index contributed by atoms with van der Waals surface area (Å²) in [7, 11) is 1.84. The maximum absolute atomic E-state index is 13.8. The lowest BCUT2D eigenvalue weighted by molar-refractivity contribution is 0.508. The molecule has 1 unspecified atom stereocenters. The average Bonchev–Trinajstić information content (AvgIpc) is 2.85. The molecule has 1 aromatic heterocycles. The summed E-state index contributed by atoms with van der Waals surface area (Å²) in [6, 6.07) is 3.49. The van der Waals surface area contributed by atoms with E-state index >= 15 is 0 Å². The van der Waals surface area contributed by atoms with Gasteiger partial charge >= 0.3 is 0 Å². The molecule has 0 aliphatic rings. The average molecular weight is 279 g/mol. The minimum Gasteiger partial charge on any atom is -0.310 e. The Morgan fingerprint density at radius 1 is 1.35 bits per heavy atom. The van der Waals surface area contributed by atoms with Gasteiger partial charge in [-0.15, -0.1) is 0 Å². The molecule has 0 radical (unpaired) electrons. The zero-order valence-corrected chi connectivity index (χ0v) is 11.7. The minimum atomic E-state index is -0.415. The lowest BCUT2D eigenvalue weighted by Crippen LogP contribution is -2.24. The van der Waals surface area contributed by atoms with Crippen LogP contribution in [0.15, 0.2) is 30.6 Å². The normalized spacial score (nSPS) is 12.6. The molecule has 2 rings (SSSR count). The van der Waals surface area contributed by atoms with Crippen LogP contribution in [-0.2, 0) is 13.5 Å². The Morgan fingerprint density at radius 2 is 2.15 bits per heavy atom. The molecule has 0 aliphatic carbocycles. The van der Waals surface area contributed by atoms with Crippen molar-refractivity contribution in [3.05, 3.63) is 53.4 Å². The molecule has 0 saturated heterocycles. The standard InChI is InChI=1S/C15H19F2N3/c1-3-6-18-15(12-9-19-20(2)10-12)8-11-7-13(16)4-5-14(11)17/h4-5,7,9-10,15,18H,3,6,8H2,1-2H3. The van der Waals surface area contributed by atoms with Crippen LogP contribution in [-0.4, -0.2) is 16.3 Å². The van der Waals surface area contributed by atoms with Gasteiger partial charge in [-0.3, -0.25) is 4.68 Å². The first-order valence-electron chi connectivity index (χ1n) is 6.76. The number of aromatic nitrogens is 2. The van der Waals surface area contributed by atoms with Gasteiger partial charge in [-0.25, -0.2) is 8.78 Å². The largest absolute Gasteiger partial charge is 0.310 e. The van der Waals surface area contributed by atoms with E-state index in [0.717, 1.165) is 24.6 Å². The van der Waals surface area contributed by atoms with Crippen molar-refractivity contribution >= 4 is 0 Å². The summed E-state index contributed by atoms with van der Waals surface area (Å²) in [4.78, 5) is 0. The molecule has 1 aromatic carbocycles. The van der Waals surface area contributed by atoms with Crippen molar-refractivity contribution in [2.24, 2.45) is 7.05 Å². The SMILES string of the molecule is CCCNC(Cc1cc(F)ccc1F)c1cnn(C)c1. The molecule has 108 valence electrons. The van der Waals surface area contributed by atoms with Gasteiger partial charge in [0, 0.05) is 24.8 Å². The molecule has 20 heavy (non-hydrogen) atoms. The molecule has 1 heterocycles. The van der Waals surface area contributed by atoms with Crippen molar-refractivity contribution in [1.29, 1.82) is 0 Å². The molecule has 1 N–H and O–H groups in total. The third kappa shape index (κ3) is 3.63. The molecule has 0 saturated carbocycles. The van der Waals surface area contributed by atoms with E-state index in [1.54, 1.807) is 10.9 Å². The van der Waals surface area contributed by atoms with Gasteiger partial charge in [0.15, 0.2) is 0 Å². The third-order valence-corrected chi connectivity index (χ3v) is 3.20. The fraction of sp³-hybridized carbons (Fsp3) is 0.400. The third-order valence-electron chi connectivity index (χ3n) is 3.20. The molecule has 2 aromatic rings. The van der Waals surface area contributed by atoms with Gasteiger partial charge in [-0.1, -0.05) is 6.92 Å². The van der Waals surface area contributed by atoms with Crippen LogP contribution in [0.5, 0.6) is 0 Å². The molecule has 0 aliphatic heterocycles. The molecule has 5 heteroatoms. The number of nitrogens with one attached hydrogen (secondary N) is 1. The highest BCUT2D eigenvalue weighted by molar-refractivity contribution is 5.23. The Bertz CT molecular complexity index is 566. The first-order chi connectivity index (χ1) is 9.60. The van der Waals surface area contributed by atoms with E-state index in [1.807, 2.05) is 13.2 Å². The predicted octanol–water partition coefficient (Wildman–Crippen LogP) is 2.98. The fourth-order valence-corrected chi connectivity index (χ4v) is 2.17. The Balaban J connectivity index is 2.21. The van der Waals surface area contributed by atoms with Gasteiger partial charge in [-0.05, 0) is 43.1 Å². The van der Waals surface area contributed by atoms with E-state index in [4.69, 9.17) is 0 Å². The summed E-state index contributed by atoms with van der Waals surface area (Å²) in [6.07, 6.45) is 5.02. The van der Waals surface area contributed by atoms with Crippen LogP contribution in [0, 0.1) is 11.6 Å². The number of hydrogen-bond donors (Lipinski definition) is 1. The molecule has 0 amide bonds. The lowest BCUT2D eigenvalue weighted by Gasteiger charge is -2.17. The van der Waals surface area contributed by atoms with E-state index in [9.17, 15) is 8.78 Å². The van der Waals surface area contributed by atoms with Gasteiger partial charge in [0.2, 0.25) is 0 Å². The highest BCUT2D eigenvalue weighted by Crippen LogP contribution is 2.20. The van der Waals surface area contributed by atoms with Gasteiger partial charge in [0.1, 0.15) is 11.6 Å². The summed E-state index contributed by atoms with van der Waals surface area (Å²) in [5.74, 6) is -0.791. The van der Waals surface area contributed by atoms with Gasteiger partial charge in [0.25, 0.3) is 0 Å². The van der Waals surface area contributed by atoms with Crippen LogP contribution in [0.2, 0.25) is 0 Å². The summed E-state index contributed by atoms with van der Waals surface area (Å²) >= 11 is 0. The monoisotopic (exact) mass is 279 g/mol. The van der Waals surface area contributed by atoms with Crippen LogP contribution in [0.25, 0.3) is 0 Å². The molecule has 3 nitrogen and oxygen atoms in total. The summed E-state index contributed by atoms with van der Waals surface area (Å²) in [5.41, 5.74) is 1.35. The quantitative estimate of drug-likeness (QED) is 0.881. The van der Waals surface area contributed by atoms with Gasteiger partial charge in [0.05, 0.1) is 6.20 Å². The molecular formula is C15H19F2N3. The predicted molar refractivity (Wildman–Crippen MR) is 74.3 cm³/mol. The van der Waals surface area contributed by atoms with E-state index in [0.29, 0.717) is 12.0 Å². The van der Waals surface area contributed by atoms with Crippen molar-refractivity contribution < 1.29 is 8.78 Å².